The monoisotopic (exact) mass is 264 g/mol. The first-order valence-corrected chi connectivity index (χ1v) is 6.97. The van der Waals surface area contributed by atoms with Gasteiger partial charge < -0.3 is 5.73 Å². The molecule has 2 nitrogen and oxygen atoms in total. The lowest BCUT2D eigenvalue weighted by Crippen LogP contribution is -1.98. The average Bonchev–Trinajstić information content (AvgIpc) is 2.76. The van der Waals surface area contributed by atoms with E-state index in [4.69, 9.17) is 22.3 Å². The zero-order valence-electron chi connectivity index (χ0n) is 9.37. The van der Waals surface area contributed by atoms with Crippen LogP contribution in [0.2, 0.25) is 5.02 Å². The standard InChI is InChI=1S/C13H13ClN2S/c14-9-6-5-8(7-10(9)15)13-16-11-3-1-2-4-12(11)17-13/h5-7H,1-4,15H2. The minimum atomic E-state index is 0.607. The van der Waals surface area contributed by atoms with Crippen molar-refractivity contribution in [2.45, 2.75) is 25.7 Å². The van der Waals surface area contributed by atoms with E-state index in [2.05, 4.69) is 0 Å². The minimum Gasteiger partial charge on any atom is -0.398 e. The van der Waals surface area contributed by atoms with Crippen molar-refractivity contribution in [3.8, 4) is 10.6 Å². The lowest BCUT2D eigenvalue weighted by molar-refractivity contribution is 0.682. The number of aromatic nitrogens is 1. The molecule has 0 spiro atoms. The molecule has 0 amide bonds. The summed E-state index contributed by atoms with van der Waals surface area (Å²) in [7, 11) is 0. The molecular weight excluding hydrogens is 252 g/mol. The van der Waals surface area contributed by atoms with E-state index < -0.39 is 0 Å². The quantitative estimate of drug-likeness (QED) is 0.793. The van der Waals surface area contributed by atoms with E-state index >= 15 is 0 Å². The Bertz CT molecular complexity index is 539. The van der Waals surface area contributed by atoms with E-state index in [9.17, 15) is 0 Å². The Kier molecular flexibility index (Phi) is 2.81. The van der Waals surface area contributed by atoms with Crippen molar-refractivity contribution in [3.63, 3.8) is 0 Å². The predicted octanol–water partition coefficient (Wildman–Crippen LogP) is 3.92. The minimum absolute atomic E-state index is 0.607. The predicted molar refractivity (Wildman–Crippen MR) is 73.6 cm³/mol. The molecule has 0 aliphatic heterocycles. The molecule has 88 valence electrons. The first-order chi connectivity index (χ1) is 8.24. The smallest absolute Gasteiger partial charge is 0.123 e. The maximum Gasteiger partial charge on any atom is 0.123 e. The molecule has 0 unspecified atom stereocenters. The summed E-state index contributed by atoms with van der Waals surface area (Å²) in [4.78, 5) is 6.16. The largest absolute Gasteiger partial charge is 0.398 e. The van der Waals surface area contributed by atoms with Gasteiger partial charge in [0.05, 0.1) is 16.4 Å². The average molecular weight is 265 g/mol. The molecule has 0 bridgehead atoms. The van der Waals surface area contributed by atoms with Crippen molar-refractivity contribution >= 4 is 28.6 Å². The zero-order valence-corrected chi connectivity index (χ0v) is 10.9. The molecule has 0 radical (unpaired) electrons. The number of aryl methyl sites for hydroxylation is 2. The third-order valence-electron chi connectivity index (χ3n) is 3.09. The van der Waals surface area contributed by atoms with Crippen LogP contribution in [-0.2, 0) is 12.8 Å². The van der Waals surface area contributed by atoms with Gasteiger partial charge in [0.1, 0.15) is 5.01 Å². The highest BCUT2D eigenvalue weighted by molar-refractivity contribution is 7.15. The van der Waals surface area contributed by atoms with Crippen LogP contribution in [0.4, 0.5) is 5.69 Å². The molecule has 1 heterocycles. The molecule has 1 aliphatic rings. The van der Waals surface area contributed by atoms with Crippen molar-refractivity contribution < 1.29 is 0 Å². The second-order valence-electron chi connectivity index (χ2n) is 4.33. The molecular formula is C13H13ClN2S. The van der Waals surface area contributed by atoms with Gasteiger partial charge in [-0.2, -0.15) is 0 Å². The molecule has 0 saturated carbocycles. The lowest BCUT2D eigenvalue weighted by Gasteiger charge is -2.06. The van der Waals surface area contributed by atoms with Gasteiger partial charge in [0.2, 0.25) is 0 Å². The molecule has 1 aromatic carbocycles. The van der Waals surface area contributed by atoms with Gasteiger partial charge in [-0.25, -0.2) is 4.98 Å². The van der Waals surface area contributed by atoms with Crippen molar-refractivity contribution in [2.75, 3.05) is 5.73 Å². The van der Waals surface area contributed by atoms with Gasteiger partial charge in [-0.1, -0.05) is 17.7 Å². The summed E-state index contributed by atoms with van der Waals surface area (Å²) in [6, 6.07) is 5.74. The second-order valence-corrected chi connectivity index (χ2v) is 5.82. The third-order valence-corrected chi connectivity index (χ3v) is 4.64. The maximum atomic E-state index is 5.93. The number of nitrogens with two attached hydrogens (primary N) is 1. The highest BCUT2D eigenvalue weighted by Crippen LogP contribution is 2.34. The van der Waals surface area contributed by atoms with E-state index in [1.807, 2.05) is 18.2 Å². The topological polar surface area (TPSA) is 38.9 Å². The highest BCUT2D eigenvalue weighted by atomic mass is 35.5. The van der Waals surface area contributed by atoms with Crippen molar-refractivity contribution in [1.29, 1.82) is 0 Å². The molecule has 0 saturated heterocycles. The Labute approximate surface area is 109 Å². The summed E-state index contributed by atoms with van der Waals surface area (Å²) in [5, 5.41) is 1.68. The summed E-state index contributed by atoms with van der Waals surface area (Å²) in [5.74, 6) is 0. The number of anilines is 1. The SMILES string of the molecule is Nc1cc(-c2nc3c(s2)CCCC3)ccc1Cl. The van der Waals surface area contributed by atoms with Crippen LogP contribution in [0.5, 0.6) is 0 Å². The van der Waals surface area contributed by atoms with E-state index in [1.54, 1.807) is 11.3 Å². The van der Waals surface area contributed by atoms with Crippen LogP contribution < -0.4 is 5.73 Å². The number of halogens is 1. The number of nitrogens with zero attached hydrogens (tertiary/aromatic N) is 1. The normalized spacial score (nSPS) is 14.6. The summed E-state index contributed by atoms with van der Waals surface area (Å²) in [6.07, 6.45) is 4.85. The zero-order chi connectivity index (χ0) is 11.8. The fourth-order valence-electron chi connectivity index (χ4n) is 2.15. The van der Waals surface area contributed by atoms with E-state index in [1.165, 1.54) is 29.8 Å². The second kappa shape index (κ2) is 4.31. The molecule has 4 heteroatoms. The number of thiazole rings is 1. The van der Waals surface area contributed by atoms with Crippen LogP contribution >= 0.6 is 22.9 Å². The van der Waals surface area contributed by atoms with Gasteiger partial charge in [0.15, 0.2) is 0 Å². The number of rotatable bonds is 1. The first kappa shape index (κ1) is 11.1. The molecule has 2 aromatic rings. The fraction of sp³-hybridized carbons (Fsp3) is 0.308. The Morgan fingerprint density at radius 3 is 2.82 bits per heavy atom. The lowest BCUT2D eigenvalue weighted by atomic mass is 10.0. The number of benzene rings is 1. The number of nitrogen functional groups attached to an aromatic ring is 1. The summed E-state index contributed by atoms with van der Waals surface area (Å²) >= 11 is 7.72. The van der Waals surface area contributed by atoms with Gasteiger partial charge in [-0.15, -0.1) is 11.3 Å². The molecule has 3 rings (SSSR count). The van der Waals surface area contributed by atoms with Gasteiger partial charge in [-0.05, 0) is 37.8 Å². The van der Waals surface area contributed by atoms with Crippen LogP contribution in [0, 0.1) is 0 Å². The number of hydrogen-bond donors (Lipinski definition) is 1. The molecule has 0 fully saturated rings. The first-order valence-electron chi connectivity index (χ1n) is 5.78. The Morgan fingerprint density at radius 2 is 2.06 bits per heavy atom. The van der Waals surface area contributed by atoms with Crippen molar-refractivity contribution in [3.05, 3.63) is 33.8 Å². The van der Waals surface area contributed by atoms with Crippen molar-refractivity contribution in [1.82, 2.24) is 4.98 Å². The van der Waals surface area contributed by atoms with Gasteiger partial charge in [0.25, 0.3) is 0 Å². The summed E-state index contributed by atoms with van der Waals surface area (Å²) in [5.41, 5.74) is 8.81. The van der Waals surface area contributed by atoms with E-state index in [0.29, 0.717) is 10.7 Å². The molecule has 0 atom stereocenters. The highest BCUT2D eigenvalue weighted by Gasteiger charge is 2.16. The molecule has 1 aromatic heterocycles. The Hall–Kier alpha value is -1.06. The van der Waals surface area contributed by atoms with Crippen LogP contribution in [-0.4, -0.2) is 4.98 Å². The van der Waals surface area contributed by atoms with Gasteiger partial charge >= 0.3 is 0 Å². The number of hydrogen-bond acceptors (Lipinski definition) is 3. The van der Waals surface area contributed by atoms with Gasteiger partial charge in [-0.3, -0.25) is 0 Å². The van der Waals surface area contributed by atoms with Crippen LogP contribution in [0.25, 0.3) is 10.6 Å². The number of fused-ring (bicyclic) bond motifs is 1. The van der Waals surface area contributed by atoms with Gasteiger partial charge in [0, 0.05) is 10.4 Å². The molecule has 17 heavy (non-hydrogen) atoms. The van der Waals surface area contributed by atoms with Crippen LogP contribution in [0.15, 0.2) is 18.2 Å². The van der Waals surface area contributed by atoms with Crippen LogP contribution in [0.3, 0.4) is 0 Å². The maximum absolute atomic E-state index is 5.93. The molecule has 2 N–H and O–H groups in total. The van der Waals surface area contributed by atoms with E-state index in [0.717, 1.165) is 17.0 Å². The summed E-state index contributed by atoms with van der Waals surface area (Å²) in [6.45, 7) is 0. The Balaban J connectivity index is 2.03. The third kappa shape index (κ3) is 2.05. The summed E-state index contributed by atoms with van der Waals surface area (Å²) < 4.78 is 0. The molecule has 1 aliphatic carbocycles. The fourth-order valence-corrected chi connectivity index (χ4v) is 3.42. The van der Waals surface area contributed by atoms with E-state index in [-0.39, 0.29) is 0 Å². The Morgan fingerprint density at radius 1 is 1.24 bits per heavy atom. The van der Waals surface area contributed by atoms with Crippen molar-refractivity contribution in [2.24, 2.45) is 0 Å². The van der Waals surface area contributed by atoms with Crippen LogP contribution in [0.1, 0.15) is 23.4 Å².